The van der Waals surface area contributed by atoms with E-state index in [1.54, 1.807) is 0 Å². The van der Waals surface area contributed by atoms with Crippen LogP contribution >= 0.6 is 0 Å². The van der Waals surface area contributed by atoms with Crippen LogP contribution in [0.1, 0.15) is 19.3 Å². The molecule has 1 N–H and O–H groups in total. The standard InChI is InChI=1S/C10H17F3N2/c11-10(12,13)8-2-5-15(6-3-8)9-1-4-14-7-9/h8-9,14H,1-7H2. The summed E-state index contributed by atoms with van der Waals surface area (Å²) in [4.78, 5) is 2.21. The Labute approximate surface area is 87.8 Å². The Bertz CT molecular complexity index is 203. The van der Waals surface area contributed by atoms with Crippen LogP contribution < -0.4 is 5.32 Å². The number of likely N-dealkylation sites (tertiary alicyclic amines) is 1. The van der Waals surface area contributed by atoms with Crippen molar-refractivity contribution in [1.29, 1.82) is 0 Å². The number of nitrogens with one attached hydrogen (secondary N) is 1. The highest BCUT2D eigenvalue weighted by molar-refractivity contribution is 4.85. The SMILES string of the molecule is FC(F)(F)C1CCN(C2CCNC2)CC1. The first-order chi connectivity index (χ1) is 7.07. The summed E-state index contributed by atoms with van der Waals surface area (Å²) in [5.74, 6) is -1.07. The third kappa shape index (κ3) is 2.64. The Morgan fingerprint density at radius 1 is 1.07 bits per heavy atom. The predicted molar refractivity (Wildman–Crippen MR) is 51.6 cm³/mol. The molecule has 1 atom stereocenters. The van der Waals surface area contributed by atoms with Crippen LogP contribution in [-0.2, 0) is 0 Å². The molecule has 0 aromatic rings. The summed E-state index contributed by atoms with van der Waals surface area (Å²) >= 11 is 0. The molecule has 0 aromatic carbocycles. The van der Waals surface area contributed by atoms with E-state index in [1.165, 1.54) is 0 Å². The van der Waals surface area contributed by atoms with Gasteiger partial charge in [-0.1, -0.05) is 0 Å². The topological polar surface area (TPSA) is 15.3 Å². The second-order valence-corrected chi connectivity index (χ2v) is 4.50. The summed E-state index contributed by atoms with van der Waals surface area (Å²) in [6.07, 6.45) is -2.35. The number of alkyl halides is 3. The predicted octanol–water partition coefficient (Wildman–Crippen LogP) is 1.62. The first-order valence-corrected chi connectivity index (χ1v) is 5.59. The van der Waals surface area contributed by atoms with Crippen LogP contribution in [0.25, 0.3) is 0 Å². The van der Waals surface area contributed by atoms with E-state index in [0.717, 1.165) is 19.5 Å². The van der Waals surface area contributed by atoms with Gasteiger partial charge in [-0.25, -0.2) is 0 Å². The fraction of sp³-hybridized carbons (Fsp3) is 1.00. The third-order valence-corrected chi connectivity index (χ3v) is 3.54. The number of nitrogens with zero attached hydrogens (tertiary/aromatic N) is 1. The minimum absolute atomic E-state index is 0.278. The van der Waals surface area contributed by atoms with Crippen LogP contribution in [0.5, 0.6) is 0 Å². The van der Waals surface area contributed by atoms with Gasteiger partial charge in [-0.3, -0.25) is 4.90 Å². The van der Waals surface area contributed by atoms with Crippen molar-refractivity contribution < 1.29 is 13.2 Å². The van der Waals surface area contributed by atoms with Crippen molar-refractivity contribution in [2.24, 2.45) is 5.92 Å². The summed E-state index contributed by atoms with van der Waals surface area (Å²) in [5.41, 5.74) is 0. The van der Waals surface area contributed by atoms with E-state index in [1.807, 2.05) is 0 Å². The van der Waals surface area contributed by atoms with Crippen LogP contribution in [0.15, 0.2) is 0 Å². The highest BCUT2D eigenvalue weighted by Crippen LogP contribution is 2.34. The lowest BCUT2D eigenvalue weighted by Gasteiger charge is -2.36. The maximum absolute atomic E-state index is 12.4. The van der Waals surface area contributed by atoms with Crippen molar-refractivity contribution in [1.82, 2.24) is 10.2 Å². The Balaban J connectivity index is 1.81. The number of halogens is 3. The second-order valence-electron chi connectivity index (χ2n) is 4.50. The Morgan fingerprint density at radius 3 is 2.20 bits per heavy atom. The Kier molecular flexibility index (Phi) is 3.21. The van der Waals surface area contributed by atoms with Gasteiger partial charge in [0.15, 0.2) is 0 Å². The molecule has 0 saturated carbocycles. The first kappa shape index (κ1) is 11.2. The van der Waals surface area contributed by atoms with Gasteiger partial charge in [-0.2, -0.15) is 13.2 Å². The lowest BCUT2D eigenvalue weighted by molar-refractivity contribution is -0.185. The molecule has 2 nitrogen and oxygen atoms in total. The minimum Gasteiger partial charge on any atom is -0.315 e. The van der Waals surface area contributed by atoms with E-state index < -0.39 is 12.1 Å². The second kappa shape index (κ2) is 4.29. The maximum atomic E-state index is 12.4. The van der Waals surface area contributed by atoms with Crippen molar-refractivity contribution in [2.75, 3.05) is 26.2 Å². The molecule has 2 saturated heterocycles. The molecule has 15 heavy (non-hydrogen) atoms. The first-order valence-electron chi connectivity index (χ1n) is 5.59. The fourth-order valence-corrected chi connectivity index (χ4v) is 2.54. The lowest BCUT2D eigenvalue weighted by Crippen LogP contribution is -2.45. The van der Waals surface area contributed by atoms with E-state index in [4.69, 9.17) is 0 Å². The largest absolute Gasteiger partial charge is 0.391 e. The highest BCUT2D eigenvalue weighted by Gasteiger charge is 2.41. The Hall–Kier alpha value is -0.290. The molecule has 0 radical (unpaired) electrons. The van der Waals surface area contributed by atoms with Gasteiger partial charge in [0, 0.05) is 12.6 Å². The van der Waals surface area contributed by atoms with Crippen LogP contribution in [0, 0.1) is 5.92 Å². The van der Waals surface area contributed by atoms with E-state index in [0.29, 0.717) is 19.1 Å². The number of hydrogen-bond acceptors (Lipinski definition) is 2. The van der Waals surface area contributed by atoms with Gasteiger partial charge in [0.1, 0.15) is 0 Å². The zero-order valence-corrected chi connectivity index (χ0v) is 8.69. The average molecular weight is 222 g/mol. The average Bonchev–Trinajstić information content (AvgIpc) is 2.69. The van der Waals surface area contributed by atoms with Gasteiger partial charge >= 0.3 is 6.18 Å². The van der Waals surface area contributed by atoms with Gasteiger partial charge < -0.3 is 5.32 Å². The lowest BCUT2D eigenvalue weighted by atomic mass is 9.95. The number of rotatable bonds is 1. The highest BCUT2D eigenvalue weighted by atomic mass is 19.4. The Morgan fingerprint density at radius 2 is 1.73 bits per heavy atom. The van der Waals surface area contributed by atoms with E-state index in [2.05, 4.69) is 10.2 Å². The molecule has 88 valence electrons. The summed E-state index contributed by atoms with van der Waals surface area (Å²) in [7, 11) is 0. The summed E-state index contributed by atoms with van der Waals surface area (Å²) in [6.45, 7) is 3.16. The molecule has 2 rings (SSSR count). The van der Waals surface area contributed by atoms with Crippen molar-refractivity contribution in [3.8, 4) is 0 Å². The molecule has 2 aliphatic heterocycles. The molecule has 0 amide bonds. The fourth-order valence-electron chi connectivity index (χ4n) is 2.54. The smallest absolute Gasteiger partial charge is 0.315 e. The van der Waals surface area contributed by atoms with Crippen LogP contribution in [-0.4, -0.2) is 43.3 Å². The van der Waals surface area contributed by atoms with Crippen molar-refractivity contribution in [2.45, 2.75) is 31.5 Å². The van der Waals surface area contributed by atoms with Gasteiger partial charge in [-0.05, 0) is 38.9 Å². The molecular formula is C10H17F3N2. The summed E-state index contributed by atoms with van der Waals surface area (Å²) < 4.78 is 37.2. The van der Waals surface area contributed by atoms with Gasteiger partial charge in [0.25, 0.3) is 0 Å². The molecule has 1 unspecified atom stereocenters. The van der Waals surface area contributed by atoms with Crippen LogP contribution in [0.2, 0.25) is 0 Å². The van der Waals surface area contributed by atoms with Crippen LogP contribution in [0.4, 0.5) is 13.2 Å². The van der Waals surface area contributed by atoms with Crippen LogP contribution in [0.3, 0.4) is 0 Å². The van der Waals surface area contributed by atoms with Crippen molar-refractivity contribution in [3.63, 3.8) is 0 Å². The zero-order chi connectivity index (χ0) is 10.9. The van der Waals surface area contributed by atoms with E-state index in [-0.39, 0.29) is 12.8 Å². The molecule has 2 fully saturated rings. The normalized spacial score (nSPS) is 31.0. The summed E-state index contributed by atoms with van der Waals surface area (Å²) in [6, 6.07) is 0.471. The quantitative estimate of drug-likeness (QED) is 0.725. The number of piperidine rings is 1. The van der Waals surface area contributed by atoms with Gasteiger partial charge in [0.05, 0.1) is 5.92 Å². The van der Waals surface area contributed by atoms with Crippen molar-refractivity contribution >= 4 is 0 Å². The van der Waals surface area contributed by atoms with Crippen molar-refractivity contribution in [3.05, 3.63) is 0 Å². The van der Waals surface area contributed by atoms with E-state index in [9.17, 15) is 13.2 Å². The molecular weight excluding hydrogens is 205 g/mol. The molecule has 5 heteroatoms. The minimum atomic E-state index is -3.99. The molecule has 0 aliphatic carbocycles. The molecule has 2 heterocycles. The third-order valence-electron chi connectivity index (χ3n) is 3.54. The molecule has 2 aliphatic rings. The summed E-state index contributed by atoms with van der Waals surface area (Å²) in [5, 5.41) is 3.25. The van der Waals surface area contributed by atoms with E-state index >= 15 is 0 Å². The van der Waals surface area contributed by atoms with Gasteiger partial charge in [-0.15, -0.1) is 0 Å². The zero-order valence-electron chi connectivity index (χ0n) is 8.69. The van der Waals surface area contributed by atoms with Gasteiger partial charge in [0.2, 0.25) is 0 Å². The monoisotopic (exact) mass is 222 g/mol. The molecule has 0 aromatic heterocycles. The molecule has 0 spiro atoms. The number of hydrogen-bond donors (Lipinski definition) is 1. The molecule has 0 bridgehead atoms. The maximum Gasteiger partial charge on any atom is 0.391 e.